The molecule has 0 amide bonds. The second-order valence-corrected chi connectivity index (χ2v) is 8.82. The van der Waals surface area contributed by atoms with Crippen molar-refractivity contribution in [2.24, 2.45) is 0 Å². The minimum absolute atomic E-state index is 0.0593. The molecule has 1 atom stereocenters. The average molecular weight is 468 g/mol. The van der Waals surface area contributed by atoms with Crippen molar-refractivity contribution < 1.29 is 23.5 Å². The molecule has 0 spiro atoms. The van der Waals surface area contributed by atoms with Gasteiger partial charge in [-0.05, 0) is 42.0 Å². The monoisotopic (exact) mass is 467 g/mol. The summed E-state index contributed by atoms with van der Waals surface area (Å²) >= 11 is 1.10. The molecule has 0 aromatic heterocycles. The van der Waals surface area contributed by atoms with Gasteiger partial charge in [-0.2, -0.15) is 0 Å². The summed E-state index contributed by atoms with van der Waals surface area (Å²) in [5.41, 5.74) is 1.62. The fraction of sp³-hybridized carbons (Fsp3) is 0.231. The van der Waals surface area contributed by atoms with Crippen molar-refractivity contribution in [1.29, 1.82) is 0 Å². The smallest absolute Gasteiger partial charge is 0.334 e. The largest absolute Gasteiger partial charge is 0.468 e. The number of carbonyl (C=O) groups excluding carboxylic acids is 2. The molecule has 0 aliphatic heterocycles. The lowest BCUT2D eigenvalue weighted by atomic mass is 9.92. The van der Waals surface area contributed by atoms with E-state index in [9.17, 15) is 14.0 Å². The highest BCUT2D eigenvalue weighted by Gasteiger charge is 2.52. The first kappa shape index (κ1) is 24.3. The van der Waals surface area contributed by atoms with Gasteiger partial charge in [0, 0.05) is 24.1 Å². The number of halogens is 1. The zero-order chi connectivity index (χ0) is 23.8. The number of rotatable bonds is 9. The number of hydrogen-bond donors (Lipinski definition) is 0. The molecule has 0 saturated carbocycles. The van der Waals surface area contributed by atoms with E-state index in [1.54, 1.807) is 12.1 Å². The molecule has 0 radical (unpaired) electrons. The molecule has 0 bridgehead atoms. The SMILES string of the molecule is COC(=O)C(CC(c1ccccc1)N(C)c1ccc(F)cc1)(Sc1ccccc1)C(=O)OC. The molecule has 3 aromatic carbocycles. The summed E-state index contributed by atoms with van der Waals surface area (Å²) in [6.45, 7) is 0. The molecular formula is C26H26FNO4S. The minimum atomic E-state index is -1.67. The van der Waals surface area contributed by atoms with Crippen molar-refractivity contribution in [3.05, 3.63) is 96.3 Å². The number of methoxy groups -OCH3 is 2. The molecule has 1 unspecified atom stereocenters. The Kier molecular flexibility index (Phi) is 8.11. The van der Waals surface area contributed by atoms with Gasteiger partial charge in [0.15, 0.2) is 0 Å². The lowest BCUT2D eigenvalue weighted by Crippen LogP contribution is -2.48. The second kappa shape index (κ2) is 11.0. The van der Waals surface area contributed by atoms with E-state index >= 15 is 0 Å². The Morgan fingerprint density at radius 1 is 0.879 bits per heavy atom. The van der Waals surface area contributed by atoms with Crippen LogP contribution in [0, 0.1) is 5.82 Å². The number of hydrogen-bond acceptors (Lipinski definition) is 6. The molecule has 172 valence electrons. The van der Waals surface area contributed by atoms with E-state index in [4.69, 9.17) is 9.47 Å². The molecule has 0 fully saturated rings. The van der Waals surface area contributed by atoms with E-state index < -0.39 is 22.7 Å². The number of benzene rings is 3. The maximum atomic E-state index is 13.5. The van der Waals surface area contributed by atoms with E-state index in [1.807, 2.05) is 72.6 Å². The molecule has 3 rings (SSSR count). The van der Waals surface area contributed by atoms with E-state index in [1.165, 1.54) is 26.4 Å². The maximum absolute atomic E-state index is 13.5. The number of carbonyl (C=O) groups is 2. The lowest BCUT2D eigenvalue weighted by molar-refractivity contribution is -0.156. The standard InChI is InChI=1S/C26H26FNO4S/c1-28(21-16-14-20(27)15-17-21)23(19-10-6-4-7-11-19)18-26(24(29)31-2,25(30)32-3)33-22-12-8-5-9-13-22/h4-17,23H,18H2,1-3H3. The Morgan fingerprint density at radius 2 is 1.39 bits per heavy atom. The van der Waals surface area contributed by atoms with Crippen LogP contribution < -0.4 is 4.90 Å². The average Bonchev–Trinajstić information content (AvgIpc) is 2.86. The number of thioether (sulfide) groups is 1. The zero-order valence-electron chi connectivity index (χ0n) is 18.7. The first-order valence-corrected chi connectivity index (χ1v) is 11.2. The van der Waals surface area contributed by atoms with Gasteiger partial charge in [0.1, 0.15) is 5.82 Å². The highest BCUT2D eigenvalue weighted by Crippen LogP contribution is 2.44. The van der Waals surface area contributed by atoms with Crippen molar-refractivity contribution in [2.45, 2.75) is 22.1 Å². The summed E-state index contributed by atoms with van der Waals surface area (Å²) in [5, 5.41) is 0. The van der Waals surface area contributed by atoms with Gasteiger partial charge >= 0.3 is 11.9 Å². The molecule has 0 aliphatic rings. The van der Waals surface area contributed by atoms with E-state index in [0.717, 1.165) is 27.9 Å². The van der Waals surface area contributed by atoms with Crippen molar-refractivity contribution >= 4 is 29.4 Å². The van der Waals surface area contributed by atoms with Gasteiger partial charge in [-0.25, -0.2) is 14.0 Å². The topological polar surface area (TPSA) is 55.8 Å². The van der Waals surface area contributed by atoms with Gasteiger partial charge in [-0.1, -0.05) is 60.3 Å². The third-order valence-corrected chi connectivity index (χ3v) is 6.79. The minimum Gasteiger partial charge on any atom is -0.468 e. The Morgan fingerprint density at radius 3 is 1.91 bits per heavy atom. The van der Waals surface area contributed by atoms with Crippen LogP contribution in [0.5, 0.6) is 0 Å². The Balaban J connectivity index is 2.12. The van der Waals surface area contributed by atoms with E-state index in [0.29, 0.717) is 0 Å². The first-order valence-electron chi connectivity index (χ1n) is 10.4. The van der Waals surface area contributed by atoms with Crippen LogP contribution in [0.15, 0.2) is 89.8 Å². The Bertz CT molecular complexity index is 1040. The summed E-state index contributed by atoms with van der Waals surface area (Å²) in [6.07, 6.45) is 0.0593. The first-order chi connectivity index (χ1) is 15.9. The maximum Gasteiger partial charge on any atom is 0.334 e. The van der Waals surface area contributed by atoms with Gasteiger partial charge in [-0.15, -0.1) is 0 Å². The van der Waals surface area contributed by atoms with Gasteiger partial charge in [0.05, 0.1) is 20.3 Å². The summed E-state index contributed by atoms with van der Waals surface area (Å²) in [4.78, 5) is 29.0. The third kappa shape index (κ3) is 5.54. The predicted octanol–water partition coefficient (Wildman–Crippen LogP) is 5.27. The Hall–Kier alpha value is -3.32. The highest BCUT2D eigenvalue weighted by atomic mass is 32.2. The molecule has 5 nitrogen and oxygen atoms in total. The second-order valence-electron chi connectivity index (χ2n) is 7.44. The van der Waals surface area contributed by atoms with Crippen LogP contribution in [0.25, 0.3) is 0 Å². The fourth-order valence-corrected chi connectivity index (χ4v) is 4.95. The summed E-state index contributed by atoms with van der Waals surface area (Å²) < 4.78 is 22.1. The molecule has 0 heterocycles. The number of anilines is 1. The number of esters is 2. The Labute approximate surface area is 197 Å². The van der Waals surface area contributed by atoms with Crippen LogP contribution in [0.4, 0.5) is 10.1 Å². The number of nitrogens with zero attached hydrogens (tertiary/aromatic N) is 1. The van der Waals surface area contributed by atoms with Crippen molar-refractivity contribution in [2.75, 3.05) is 26.2 Å². The zero-order valence-corrected chi connectivity index (χ0v) is 19.6. The predicted molar refractivity (Wildman–Crippen MR) is 128 cm³/mol. The highest BCUT2D eigenvalue weighted by molar-refractivity contribution is 8.02. The van der Waals surface area contributed by atoms with E-state index in [2.05, 4.69) is 0 Å². The number of ether oxygens (including phenoxy) is 2. The van der Waals surface area contributed by atoms with Crippen molar-refractivity contribution in [3.8, 4) is 0 Å². The van der Waals surface area contributed by atoms with Crippen molar-refractivity contribution in [3.63, 3.8) is 0 Å². The quantitative estimate of drug-likeness (QED) is 0.243. The molecule has 0 aliphatic carbocycles. The van der Waals surface area contributed by atoms with Crippen LogP contribution in [-0.4, -0.2) is 38.0 Å². The molecule has 3 aromatic rings. The van der Waals surface area contributed by atoms with Crippen LogP contribution in [0.1, 0.15) is 18.0 Å². The normalized spacial score (nSPS) is 12.0. The molecule has 0 N–H and O–H groups in total. The van der Waals surface area contributed by atoms with E-state index in [-0.39, 0.29) is 12.2 Å². The molecule has 0 saturated heterocycles. The van der Waals surface area contributed by atoms with Gasteiger partial charge in [0.2, 0.25) is 4.75 Å². The summed E-state index contributed by atoms with van der Waals surface area (Å²) in [5.74, 6) is -1.74. The summed E-state index contributed by atoms with van der Waals surface area (Å²) in [7, 11) is 4.36. The van der Waals surface area contributed by atoms with Crippen LogP contribution >= 0.6 is 11.8 Å². The fourth-order valence-electron chi connectivity index (χ4n) is 3.68. The van der Waals surface area contributed by atoms with Crippen LogP contribution in [-0.2, 0) is 19.1 Å². The van der Waals surface area contributed by atoms with Gasteiger partial charge in [0.25, 0.3) is 0 Å². The van der Waals surface area contributed by atoms with Gasteiger partial charge < -0.3 is 14.4 Å². The van der Waals surface area contributed by atoms with Gasteiger partial charge in [-0.3, -0.25) is 0 Å². The molecule has 7 heteroatoms. The molecule has 33 heavy (non-hydrogen) atoms. The van der Waals surface area contributed by atoms with Crippen LogP contribution in [0.3, 0.4) is 0 Å². The molecular weight excluding hydrogens is 441 g/mol. The van der Waals surface area contributed by atoms with Crippen molar-refractivity contribution in [1.82, 2.24) is 0 Å². The lowest BCUT2D eigenvalue weighted by Gasteiger charge is -2.37. The third-order valence-electron chi connectivity index (χ3n) is 5.43. The summed E-state index contributed by atoms with van der Waals surface area (Å²) in [6, 6.07) is 24.4. The van der Waals surface area contributed by atoms with Crippen LogP contribution in [0.2, 0.25) is 0 Å².